The Bertz CT molecular complexity index is 827. The fraction of sp³-hybridized carbons (Fsp3) is 0.333. The molecule has 8 heteroatoms. The van der Waals surface area contributed by atoms with Gasteiger partial charge in [0.2, 0.25) is 0 Å². The van der Waals surface area contributed by atoms with Crippen LogP contribution in [0.1, 0.15) is 28.7 Å². The van der Waals surface area contributed by atoms with Gasteiger partial charge in [-0.3, -0.25) is 18.8 Å². The summed E-state index contributed by atoms with van der Waals surface area (Å²) in [4.78, 5) is 12.2. The summed E-state index contributed by atoms with van der Waals surface area (Å²) < 4.78 is 5.20. The Morgan fingerprint density at radius 2 is 2.00 bits per heavy atom. The van der Waals surface area contributed by atoms with Crippen molar-refractivity contribution in [3.8, 4) is 0 Å². The zero-order valence-electron chi connectivity index (χ0n) is 13.4. The van der Waals surface area contributed by atoms with E-state index in [-0.39, 0.29) is 5.91 Å². The van der Waals surface area contributed by atoms with Gasteiger partial charge < -0.3 is 5.32 Å². The molecule has 3 heterocycles. The fourth-order valence-electron chi connectivity index (χ4n) is 2.38. The zero-order chi connectivity index (χ0) is 16.4. The second-order valence-electron chi connectivity index (χ2n) is 5.38. The summed E-state index contributed by atoms with van der Waals surface area (Å²) in [5, 5.41) is 15.5. The van der Waals surface area contributed by atoms with E-state index in [9.17, 15) is 4.79 Å². The van der Waals surface area contributed by atoms with E-state index < -0.39 is 0 Å². The van der Waals surface area contributed by atoms with Crippen LogP contribution in [0.2, 0.25) is 0 Å². The van der Waals surface area contributed by atoms with E-state index >= 15 is 0 Å². The number of nitrogens with zero attached hydrogens (tertiary/aromatic N) is 6. The van der Waals surface area contributed by atoms with Crippen LogP contribution in [0.4, 0.5) is 5.69 Å². The molecule has 0 aliphatic heterocycles. The van der Waals surface area contributed by atoms with Gasteiger partial charge in [-0.2, -0.15) is 15.3 Å². The van der Waals surface area contributed by atoms with Crippen molar-refractivity contribution in [1.82, 2.24) is 29.3 Å². The van der Waals surface area contributed by atoms with Gasteiger partial charge in [0, 0.05) is 31.5 Å². The lowest BCUT2D eigenvalue weighted by Crippen LogP contribution is -2.15. The number of carbonyl (C=O) groups is 1. The molecule has 23 heavy (non-hydrogen) atoms. The lowest BCUT2D eigenvalue weighted by atomic mass is 10.3. The number of carbonyl (C=O) groups excluding carboxylic acids is 1. The van der Waals surface area contributed by atoms with Crippen molar-refractivity contribution in [1.29, 1.82) is 0 Å². The lowest BCUT2D eigenvalue weighted by molar-refractivity contribution is 0.101. The largest absolute Gasteiger partial charge is 0.318 e. The number of amides is 1. The summed E-state index contributed by atoms with van der Waals surface area (Å²) in [6, 6.07) is 1.75. The molecule has 0 bridgehead atoms. The van der Waals surface area contributed by atoms with Crippen molar-refractivity contribution in [3.63, 3.8) is 0 Å². The van der Waals surface area contributed by atoms with E-state index in [1.807, 2.05) is 30.9 Å². The Kier molecular flexibility index (Phi) is 3.96. The Morgan fingerprint density at radius 1 is 1.22 bits per heavy atom. The van der Waals surface area contributed by atoms with E-state index in [1.54, 1.807) is 34.9 Å². The second-order valence-corrected chi connectivity index (χ2v) is 5.38. The number of anilines is 1. The van der Waals surface area contributed by atoms with Crippen LogP contribution in [0.5, 0.6) is 0 Å². The van der Waals surface area contributed by atoms with Gasteiger partial charge >= 0.3 is 0 Å². The van der Waals surface area contributed by atoms with E-state index in [2.05, 4.69) is 20.6 Å². The first-order valence-corrected chi connectivity index (χ1v) is 7.41. The average Bonchev–Trinajstić information content (AvgIpc) is 3.21. The van der Waals surface area contributed by atoms with Gasteiger partial charge in [0.1, 0.15) is 5.69 Å². The standard InChI is InChI=1S/C15H19N7O/c1-4-21-8-12(6-16-21)9-22-10-13(7-17-22)18-15(23)14-5-11(2)19-20(14)3/h5-8,10H,4,9H2,1-3H3,(H,18,23). The smallest absolute Gasteiger partial charge is 0.274 e. The van der Waals surface area contributed by atoms with Gasteiger partial charge in [-0.25, -0.2) is 0 Å². The van der Waals surface area contributed by atoms with Crippen LogP contribution in [0.25, 0.3) is 0 Å². The van der Waals surface area contributed by atoms with Gasteiger partial charge in [-0.05, 0) is 19.9 Å². The summed E-state index contributed by atoms with van der Waals surface area (Å²) >= 11 is 0. The predicted molar refractivity (Wildman–Crippen MR) is 85.1 cm³/mol. The van der Waals surface area contributed by atoms with Crippen LogP contribution >= 0.6 is 0 Å². The molecule has 0 aromatic carbocycles. The molecule has 3 rings (SSSR count). The topological polar surface area (TPSA) is 82.6 Å². The molecule has 120 valence electrons. The highest BCUT2D eigenvalue weighted by Gasteiger charge is 2.13. The molecule has 0 fully saturated rings. The molecule has 8 nitrogen and oxygen atoms in total. The minimum absolute atomic E-state index is 0.202. The SMILES string of the molecule is CCn1cc(Cn2cc(NC(=O)c3cc(C)nn3C)cn2)cn1. The number of nitrogens with one attached hydrogen (secondary N) is 1. The van der Waals surface area contributed by atoms with E-state index in [4.69, 9.17) is 0 Å². The van der Waals surface area contributed by atoms with Crippen molar-refractivity contribution in [2.75, 3.05) is 5.32 Å². The number of hydrogen-bond donors (Lipinski definition) is 1. The lowest BCUT2D eigenvalue weighted by Gasteiger charge is -2.02. The van der Waals surface area contributed by atoms with E-state index in [0.29, 0.717) is 17.9 Å². The van der Waals surface area contributed by atoms with Crippen molar-refractivity contribution in [2.24, 2.45) is 7.05 Å². The van der Waals surface area contributed by atoms with Crippen molar-refractivity contribution >= 4 is 11.6 Å². The minimum Gasteiger partial charge on any atom is -0.318 e. The number of rotatable bonds is 5. The third-order valence-corrected chi connectivity index (χ3v) is 3.48. The van der Waals surface area contributed by atoms with Crippen molar-refractivity contribution < 1.29 is 4.79 Å². The molecule has 0 aliphatic rings. The van der Waals surface area contributed by atoms with Crippen molar-refractivity contribution in [3.05, 3.63) is 47.8 Å². The van der Waals surface area contributed by atoms with Crippen LogP contribution in [0, 0.1) is 6.92 Å². The minimum atomic E-state index is -0.202. The highest BCUT2D eigenvalue weighted by Crippen LogP contribution is 2.10. The molecule has 1 amide bonds. The van der Waals surface area contributed by atoms with Gasteiger partial charge in [-0.15, -0.1) is 0 Å². The predicted octanol–water partition coefficient (Wildman–Crippen LogP) is 1.44. The molecule has 0 aliphatic carbocycles. The highest BCUT2D eigenvalue weighted by atomic mass is 16.2. The Labute approximate surface area is 133 Å². The Morgan fingerprint density at radius 3 is 2.65 bits per heavy atom. The van der Waals surface area contributed by atoms with Gasteiger partial charge in [0.15, 0.2) is 0 Å². The third kappa shape index (κ3) is 3.31. The molecule has 1 N–H and O–H groups in total. The summed E-state index contributed by atoms with van der Waals surface area (Å²) in [5.41, 5.74) is 3.03. The van der Waals surface area contributed by atoms with Gasteiger partial charge in [-0.1, -0.05) is 0 Å². The van der Waals surface area contributed by atoms with Crippen LogP contribution in [0.3, 0.4) is 0 Å². The molecular formula is C15H19N7O. The summed E-state index contributed by atoms with van der Waals surface area (Å²) in [5.74, 6) is -0.202. The van der Waals surface area contributed by atoms with Crippen molar-refractivity contribution in [2.45, 2.75) is 26.9 Å². The first-order valence-electron chi connectivity index (χ1n) is 7.41. The molecule has 0 atom stereocenters. The molecule has 0 unspecified atom stereocenters. The van der Waals surface area contributed by atoms with Gasteiger partial charge in [0.25, 0.3) is 5.91 Å². The molecule has 0 radical (unpaired) electrons. The maximum Gasteiger partial charge on any atom is 0.274 e. The highest BCUT2D eigenvalue weighted by molar-refractivity contribution is 6.02. The Balaban J connectivity index is 1.67. The number of aromatic nitrogens is 6. The molecular weight excluding hydrogens is 294 g/mol. The Hall–Kier alpha value is -2.90. The zero-order valence-corrected chi connectivity index (χ0v) is 13.4. The van der Waals surface area contributed by atoms with Crippen LogP contribution < -0.4 is 5.32 Å². The quantitative estimate of drug-likeness (QED) is 0.772. The molecule has 3 aromatic heterocycles. The normalized spacial score (nSPS) is 10.9. The summed E-state index contributed by atoms with van der Waals surface area (Å²) in [7, 11) is 1.75. The second kappa shape index (κ2) is 6.07. The van der Waals surface area contributed by atoms with E-state index in [0.717, 1.165) is 17.8 Å². The summed E-state index contributed by atoms with van der Waals surface area (Å²) in [6.45, 7) is 5.34. The monoisotopic (exact) mass is 313 g/mol. The first kappa shape index (κ1) is 15.0. The summed E-state index contributed by atoms with van der Waals surface area (Å²) in [6.07, 6.45) is 7.23. The molecule has 3 aromatic rings. The maximum atomic E-state index is 12.2. The van der Waals surface area contributed by atoms with Crippen LogP contribution in [0.15, 0.2) is 30.9 Å². The van der Waals surface area contributed by atoms with E-state index in [1.165, 1.54) is 0 Å². The fourth-order valence-corrected chi connectivity index (χ4v) is 2.38. The molecule has 0 saturated carbocycles. The van der Waals surface area contributed by atoms with Crippen LogP contribution in [-0.2, 0) is 20.1 Å². The first-order chi connectivity index (χ1) is 11.0. The molecule has 0 saturated heterocycles. The molecule has 0 spiro atoms. The third-order valence-electron chi connectivity index (χ3n) is 3.48. The van der Waals surface area contributed by atoms with Gasteiger partial charge in [0.05, 0.1) is 30.3 Å². The number of hydrogen-bond acceptors (Lipinski definition) is 4. The average molecular weight is 313 g/mol. The number of aryl methyl sites for hydroxylation is 3. The maximum absolute atomic E-state index is 12.2. The van der Waals surface area contributed by atoms with Crippen LogP contribution in [-0.4, -0.2) is 35.2 Å².